The number of halogens is 4. The van der Waals surface area contributed by atoms with Crippen molar-refractivity contribution in [2.75, 3.05) is 13.6 Å². The second-order valence-electron chi connectivity index (χ2n) is 5.39. The number of nitrogens with zero attached hydrogens (tertiary/aromatic N) is 3. The van der Waals surface area contributed by atoms with E-state index in [1.807, 2.05) is 6.92 Å². The lowest BCUT2D eigenvalue weighted by molar-refractivity contribution is -0.137. The number of alkyl halides is 3. The zero-order chi connectivity index (χ0) is 17.4. The minimum absolute atomic E-state index is 0.103. The van der Waals surface area contributed by atoms with Crippen LogP contribution in [0.3, 0.4) is 0 Å². The molecule has 1 amide bonds. The molecule has 2 aromatic rings. The Morgan fingerprint density at radius 2 is 2.09 bits per heavy atom. The van der Waals surface area contributed by atoms with E-state index < -0.39 is 11.7 Å². The molecule has 0 N–H and O–H groups in total. The summed E-state index contributed by atoms with van der Waals surface area (Å²) in [4.78, 5) is 18.2. The molecule has 0 bridgehead atoms. The first kappa shape index (κ1) is 17.6. The Bertz CT molecular complexity index is 740. The summed E-state index contributed by atoms with van der Waals surface area (Å²) >= 11 is 5.91. The van der Waals surface area contributed by atoms with E-state index in [0.717, 1.165) is 29.5 Å². The third kappa shape index (κ3) is 3.44. The van der Waals surface area contributed by atoms with Crippen molar-refractivity contribution >= 4 is 23.2 Å². The third-order valence-corrected chi connectivity index (χ3v) is 3.85. The third-order valence-electron chi connectivity index (χ3n) is 3.57. The average Bonchev–Trinajstić information content (AvgIpc) is 2.79. The first-order valence-electron chi connectivity index (χ1n) is 7.17. The van der Waals surface area contributed by atoms with Gasteiger partial charge in [0.1, 0.15) is 5.69 Å². The number of pyridine rings is 1. The lowest BCUT2D eigenvalue weighted by atomic mass is 10.2. The minimum atomic E-state index is -4.55. The van der Waals surface area contributed by atoms with Gasteiger partial charge in [0.25, 0.3) is 5.91 Å². The number of carbonyl (C=O) groups is 1. The van der Waals surface area contributed by atoms with E-state index in [2.05, 4.69) is 4.98 Å². The maximum atomic E-state index is 13.0. The van der Waals surface area contributed by atoms with E-state index in [-0.39, 0.29) is 22.3 Å². The summed E-state index contributed by atoms with van der Waals surface area (Å²) < 4.78 is 40.0. The molecule has 0 aromatic carbocycles. The van der Waals surface area contributed by atoms with Gasteiger partial charge in [-0.2, -0.15) is 13.2 Å². The summed E-state index contributed by atoms with van der Waals surface area (Å²) in [6, 6.07) is 0.818. The van der Waals surface area contributed by atoms with Crippen molar-refractivity contribution in [3.63, 3.8) is 0 Å². The molecule has 2 heterocycles. The fraction of sp³-hybridized carbons (Fsp3) is 0.467. The summed E-state index contributed by atoms with van der Waals surface area (Å²) in [7, 11) is 1.62. The number of rotatable bonds is 4. The van der Waals surface area contributed by atoms with Gasteiger partial charge in [-0.1, -0.05) is 24.9 Å². The highest BCUT2D eigenvalue weighted by molar-refractivity contribution is 6.33. The molecule has 126 valence electrons. The van der Waals surface area contributed by atoms with Crippen molar-refractivity contribution in [3.8, 4) is 0 Å². The predicted molar refractivity (Wildman–Crippen MR) is 81.8 cm³/mol. The van der Waals surface area contributed by atoms with E-state index in [0.29, 0.717) is 12.2 Å². The Morgan fingerprint density at radius 1 is 1.43 bits per heavy atom. The maximum absolute atomic E-state index is 13.0. The van der Waals surface area contributed by atoms with Crippen molar-refractivity contribution < 1.29 is 18.0 Å². The van der Waals surface area contributed by atoms with Gasteiger partial charge >= 0.3 is 6.18 Å². The molecule has 23 heavy (non-hydrogen) atoms. The van der Waals surface area contributed by atoms with E-state index >= 15 is 0 Å². The fourth-order valence-electron chi connectivity index (χ4n) is 2.31. The topological polar surface area (TPSA) is 37.6 Å². The summed E-state index contributed by atoms with van der Waals surface area (Å²) in [5.41, 5.74) is -0.326. The molecule has 0 saturated heterocycles. The number of aryl methyl sites for hydroxylation is 1. The van der Waals surface area contributed by atoms with Crippen molar-refractivity contribution in [1.82, 2.24) is 14.3 Å². The highest BCUT2D eigenvalue weighted by Gasteiger charge is 2.33. The largest absolute Gasteiger partial charge is 0.417 e. The molecule has 0 aliphatic carbocycles. The maximum Gasteiger partial charge on any atom is 0.417 e. The smallest absolute Gasteiger partial charge is 0.340 e. The second-order valence-corrected chi connectivity index (χ2v) is 5.80. The molecular weight excluding hydrogens is 331 g/mol. The van der Waals surface area contributed by atoms with Crippen molar-refractivity contribution in [2.45, 2.75) is 32.9 Å². The van der Waals surface area contributed by atoms with Gasteiger partial charge in [0, 0.05) is 19.8 Å². The quantitative estimate of drug-likeness (QED) is 0.831. The van der Waals surface area contributed by atoms with Crippen LogP contribution in [0.5, 0.6) is 0 Å². The molecular formula is C15H17ClF3N3O. The van der Waals surface area contributed by atoms with Gasteiger partial charge < -0.3 is 4.90 Å². The molecule has 0 atom stereocenters. The molecule has 2 aromatic heterocycles. The van der Waals surface area contributed by atoms with E-state index in [9.17, 15) is 18.0 Å². The molecule has 2 rings (SSSR count). The van der Waals surface area contributed by atoms with Crippen LogP contribution in [0.15, 0.2) is 12.3 Å². The van der Waals surface area contributed by atoms with Crippen molar-refractivity contribution in [1.29, 1.82) is 0 Å². The SMILES string of the molecule is CCCCN(C)C(=O)c1c(C)nc2c(Cl)cc(C(F)(F)F)cn12. The Balaban J connectivity index is 2.57. The molecule has 0 unspecified atom stereocenters. The Kier molecular flexibility index (Phi) is 4.89. The molecule has 0 fully saturated rings. The predicted octanol–water partition coefficient (Wildman–Crippen LogP) is 4.19. The van der Waals surface area contributed by atoms with Crippen LogP contribution in [0.25, 0.3) is 5.65 Å². The Labute approximate surface area is 136 Å². The van der Waals surface area contributed by atoms with Gasteiger partial charge in [-0.05, 0) is 19.4 Å². The van der Waals surface area contributed by atoms with Crippen molar-refractivity contribution in [2.24, 2.45) is 0 Å². The summed E-state index contributed by atoms with van der Waals surface area (Å²) in [5, 5.41) is -0.141. The first-order chi connectivity index (χ1) is 10.7. The number of imidazole rings is 1. The lowest BCUT2D eigenvalue weighted by Crippen LogP contribution is -2.29. The fourth-order valence-corrected chi connectivity index (χ4v) is 2.56. The molecule has 0 radical (unpaired) electrons. The normalized spacial score (nSPS) is 12.0. The van der Waals surface area contributed by atoms with Crippen LogP contribution in [-0.4, -0.2) is 33.8 Å². The zero-order valence-corrected chi connectivity index (χ0v) is 13.8. The molecule has 0 aliphatic rings. The molecule has 0 spiro atoms. The van der Waals surface area contributed by atoms with E-state index in [1.54, 1.807) is 14.0 Å². The standard InChI is InChI=1S/C15H17ClF3N3O/c1-4-5-6-21(3)14(23)12-9(2)20-13-11(16)7-10(8-22(12)13)15(17,18)19/h7-8H,4-6H2,1-3H3. The summed E-state index contributed by atoms with van der Waals surface area (Å²) in [5.74, 6) is -0.376. The number of hydrogen-bond acceptors (Lipinski definition) is 2. The van der Waals surface area contributed by atoms with Gasteiger partial charge in [0.15, 0.2) is 5.65 Å². The zero-order valence-electron chi connectivity index (χ0n) is 13.0. The lowest BCUT2D eigenvalue weighted by Gasteiger charge is -2.17. The van der Waals surface area contributed by atoms with E-state index in [4.69, 9.17) is 11.6 Å². The van der Waals surface area contributed by atoms with Gasteiger partial charge in [-0.3, -0.25) is 9.20 Å². The summed E-state index contributed by atoms with van der Waals surface area (Å²) in [6.07, 6.45) is -1.97. The van der Waals surface area contributed by atoms with Crippen LogP contribution in [0, 0.1) is 6.92 Å². The molecule has 8 heteroatoms. The van der Waals surface area contributed by atoms with Gasteiger partial charge in [-0.15, -0.1) is 0 Å². The molecule has 0 saturated carbocycles. The number of fused-ring (bicyclic) bond motifs is 1. The highest BCUT2D eigenvalue weighted by Crippen LogP contribution is 2.33. The Hall–Kier alpha value is -1.76. The molecule has 0 aliphatic heterocycles. The average molecular weight is 348 g/mol. The van der Waals surface area contributed by atoms with Gasteiger partial charge in [0.05, 0.1) is 16.3 Å². The van der Waals surface area contributed by atoms with Crippen LogP contribution in [0.2, 0.25) is 5.02 Å². The number of amides is 1. The van der Waals surface area contributed by atoms with Crippen LogP contribution >= 0.6 is 11.6 Å². The van der Waals surface area contributed by atoms with Gasteiger partial charge in [0.2, 0.25) is 0 Å². The summed E-state index contributed by atoms with van der Waals surface area (Å²) in [6.45, 7) is 4.10. The van der Waals surface area contributed by atoms with Crippen LogP contribution in [0.4, 0.5) is 13.2 Å². The minimum Gasteiger partial charge on any atom is -0.340 e. The van der Waals surface area contributed by atoms with Crippen LogP contribution < -0.4 is 0 Å². The van der Waals surface area contributed by atoms with Crippen LogP contribution in [0.1, 0.15) is 41.5 Å². The van der Waals surface area contributed by atoms with Crippen LogP contribution in [-0.2, 0) is 6.18 Å². The van der Waals surface area contributed by atoms with Gasteiger partial charge in [-0.25, -0.2) is 4.98 Å². The number of unbranched alkanes of at least 4 members (excludes halogenated alkanes) is 1. The number of carbonyl (C=O) groups excluding carboxylic acids is 1. The highest BCUT2D eigenvalue weighted by atomic mass is 35.5. The Morgan fingerprint density at radius 3 is 2.65 bits per heavy atom. The molecule has 4 nitrogen and oxygen atoms in total. The number of hydrogen-bond donors (Lipinski definition) is 0. The van der Waals surface area contributed by atoms with Crippen molar-refractivity contribution in [3.05, 3.63) is 34.2 Å². The monoisotopic (exact) mass is 347 g/mol. The number of aromatic nitrogens is 2. The van der Waals surface area contributed by atoms with E-state index in [1.165, 1.54) is 4.90 Å². The first-order valence-corrected chi connectivity index (χ1v) is 7.55. The second kappa shape index (κ2) is 6.39.